The Morgan fingerprint density at radius 1 is 1.00 bits per heavy atom. The first-order valence-corrected chi connectivity index (χ1v) is 9.43. The molecule has 2 saturated carbocycles. The Morgan fingerprint density at radius 3 is 2.57 bits per heavy atom. The van der Waals surface area contributed by atoms with Gasteiger partial charge in [0, 0.05) is 31.7 Å². The molecule has 0 aromatic heterocycles. The van der Waals surface area contributed by atoms with Gasteiger partial charge in [-0.05, 0) is 32.1 Å². The van der Waals surface area contributed by atoms with Gasteiger partial charge in [0.05, 0.1) is 12.5 Å². The van der Waals surface area contributed by atoms with E-state index in [1.54, 1.807) is 0 Å². The quantitative estimate of drug-likeness (QED) is 0.804. The van der Waals surface area contributed by atoms with E-state index in [0.29, 0.717) is 25.7 Å². The summed E-state index contributed by atoms with van der Waals surface area (Å²) in [6.07, 6.45) is 9.35. The van der Waals surface area contributed by atoms with Crippen LogP contribution in [0.25, 0.3) is 0 Å². The van der Waals surface area contributed by atoms with Crippen LogP contribution in [-0.4, -0.2) is 49.1 Å². The number of nitrogens with one attached hydrogen (secondary N) is 1. The third kappa shape index (κ3) is 4.06. The molecule has 0 bridgehead atoms. The van der Waals surface area contributed by atoms with Gasteiger partial charge in [-0.15, -0.1) is 0 Å². The van der Waals surface area contributed by atoms with E-state index in [1.165, 1.54) is 12.8 Å². The van der Waals surface area contributed by atoms with Crippen LogP contribution in [0, 0.1) is 11.8 Å². The molecular formula is C18H30N2O3. The molecule has 2 aliphatic carbocycles. The Labute approximate surface area is 139 Å². The summed E-state index contributed by atoms with van der Waals surface area (Å²) in [7, 11) is 0. The minimum Gasteiger partial charge on any atom is -0.380 e. The van der Waals surface area contributed by atoms with Crippen LogP contribution in [0.2, 0.25) is 0 Å². The minimum atomic E-state index is -0.0350. The molecule has 5 nitrogen and oxygen atoms in total. The fourth-order valence-corrected chi connectivity index (χ4v) is 4.45. The van der Waals surface area contributed by atoms with Gasteiger partial charge in [0.15, 0.2) is 0 Å². The zero-order valence-corrected chi connectivity index (χ0v) is 14.1. The molecule has 5 heteroatoms. The van der Waals surface area contributed by atoms with Crippen molar-refractivity contribution in [1.29, 1.82) is 0 Å². The summed E-state index contributed by atoms with van der Waals surface area (Å²) >= 11 is 0. The van der Waals surface area contributed by atoms with Crippen molar-refractivity contribution >= 4 is 11.8 Å². The lowest BCUT2D eigenvalue weighted by Gasteiger charge is -2.40. The summed E-state index contributed by atoms with van der Waals surface area (Å²) < 4.78 is 5.57. The van der Waals surface area contributed by atoms with E-state index in [4.69, 9.17) is 4.74 Å². The maximum absolute atomic E-state index is 13.1. The zero-order valence-electron chi connectivity index (χ0n) is 14.1. The Hall–Kier alpha value is -1.10. The first-order chi connectivity index (χ1) is 11.3. The first kappa shape index (κ1) is 16.7. The van der Waals surface area contributed by atoms with Crippen molar-refractivity contribution in [3.63, 3.8) is 0 Å². The topological polar surface area (TPSA) is 58.6 Å². The third-order valence-electron chi connectivity index (χ3n) is 5.69. The Morgan fingerprint density at radius 2 is 1.74 bits per heavy atom. The fourth-order valence-electron chi connectivity index (χ4n) is 4.45. The molecule has 1 N–H and O–H groups in total. The summed E-state index contributed by atoms with van der Waals surface area (Å²) in [5, 5.41) is 3.01. The van der Waals surface area contributed by atoms with Crippen molar-refractivity contribution in [2.24, 2.45) is 11.8 Å². The zero-order chi connectivity index (χ0) is 16.1. The number of fused-ring (bicyclic) bond motifs is 1. The highest BCUT2D eigenvalue weighted by atomic mass is 16.5. The molecular weight excluding hydrogens is 292 g/mol. The molecule has 1 saturated heterocycles. The lowest BCUT2D eigenvalue weighted by Crippen LogP contribution is -2.52. The molecule has 1 heterocycles. The predicted octanol–water partition coefficient (Wildman–Crippen LogP) is 2.10. The minimum absolute atomic E-state index is 0.0350. The molecule has 0 radical (unpaired) electrons. The second-order valence-electron chi connectivity index (χ2n) is 7.23. The first-order valence-electron chi connectivity index (χ1n) is 9.43. The number of hydrogen-bond acceptors (Lipinski definition) is 3. The lowest BCUT2D eigenvalue weighted by atomic mass is 9.82. The number of amides is 2. The van der Waals surface area contributed by atoms with Gasteiger partial charge in [0.1, 0.15) is 0 Å². The summed E-state index contributed by atoms with van der Waals surface area (Å²) in [5.74, 6) is 0.565. The third-order valence-corrected chi connectivity index (χ3v) is 5.69. The molecule has 2 atom stereocenters. The fraction of sp³-hybridized carbons (Fsp3) is 0.889. The average Bonchev–Trinajstić information content (AvgIpc) is 3.10. The van der Waals surface area contributed by atoms with E-state index in [9.17, 15) is 9.59 Å². The highest BCUT2D eigenvalue weighted by Crippen LogP contribution is 2.33. The molecule has 0 unspecified atom stereocenters. The van der Waals surface area contributed by atoms with Gasteiger partial charge in [-0.25, -0.2) is 0 Å². The second kappa shape index (κ2) is 8.13. The molecule has 3 rings (SSSR count). The maximum atomic E-state index is 13.1. The van der Waals surface area contributed by atoms with Crippen LogP contribution in [0.5, 0.6) is 0 Å². The van der Waals surface area contributed by atoms with Crippen LogP contribution in [0.4, 0.5) is 0 Å². The Kier molecular flexibility index (Phi) is 5.92. The highest BCUT2D eigenvalue weighted by molar-refractivity contribution is 5.83. The van der Waals surface area contributed by atoms with Gasteiger partial charge in [-0.3, -0.25) is 9.59 Å². The van der Waals surface area contributed by atoms with Crippen LogP contribution < -0.4 is 5.32 Å². The second-order valence-corrected chi connectivity index (χ2v) is 7.23. The van der Waals surface area contributed by atoms with Crippen LogP contribution in [0.1, 0.15) is 57.8 Å². The predicted molar refractivity (Wildman–Crippen MR) is 87.9 cm³/mol. The number of ether oxygens (including phenoxy) is 1. The van der Waals surface area contributed by atoms with Crippen LogP contribution >= 0.6 is 0 Å². The van der Waals surface area contributed by atoms with Gasteiger partial charge in [-0.2, -0.15) is 0 Å². The molecule has 0 spiro atoms. The van der Waals surface area contributed by atoms with Crippen molar-refractivity contribution in [1.82, 2.24) is 10.2 Å². The van der Waals surface area contributed by atoms with E-state index < -0.39 is 0 Å². The number of hydrogen-bond donors (Lipinski definition) is 1. The number of carbonyl (C=O) groups is 2. The van der Waals surface area contributed by atoms with E-state index in [1.807, 2.05) is 0 Å². The molecule has 1 aliphatic heterocycles. The molecule has 3 aliphatic rings. The standard InChI is InChI=1S/C18H30N2O3/c21-17-15-8-3-4-9-16(15)20(11-5-12-23-13-10-19-17)18(22)14-6-1-2-7-14/h14-16H,1-13H2,(H,19,21)/t15-,16+/m1/s1. The van der Waals surface area contributed by atoms with Gasteiger partial charge < -0.3 is 15.0 Å². The van der Waals surface area contributed by atoms with Crippen LogP contribution in [-0.2, 0) is 14.3 Å². The molecule has 2 amide bonds. The maximum Gasteiger partial charge on any atom is 0.225 e. The largest absolute Gasteiger partial charge is 0.380 e. The highest BCUT2D eigenvalue weighted by Gasteiger charge is 2.39. The van der Waals surface area contributed by atoms with Crippen molar-refractivity contribution in [3.8, 4) is 0 Å². The normalized spacial score (nSPS) is 31.1. The average molecular weight is 322 g/mol. The van der Waals surface area contributed by atoms with Crippen molar-refractivity contribution in [2.75, 3.05) is 26.3 Å². The number of carbonyl (C=O) groups excluding carboxylic acids is 2. The molecule has 0 aromatic carbocycles. The van der Waals surface area contributed by atoms with Gasteiger partial charge >= 0.3 is 0 Å². The summed E-state index contributed by atoms with van der Waals surface area (Å²) in [6, 6.07) is 0.0925. The molecule has 0 aromatic rings. The van der Waals surface area contributed by atoms with Crippen LogP contribution in [0.3, 0.4) is 0 Å². The van der Waals surface area contributed by atoms with Gasteiger partial charge in [-0.1, -0.05) is 25.7 Å². The smallest absolute Gasteiger partial charge is 0.225 e. The van der Waals surface area contributed by atoms with Gasteiger partial charge in [0.2, 0.25) is 11.8 Å². The molecule has 130 valence electrons. The van der Waals surface area contributed by atoms with Crippen molar-refractivity contribution < 1.29 is 14.3 Å². The molecule has 23 heavy (non-hydrogen) atoms. The number of rotatable bonds is 1. The summed E-state index contributed by atoms with van der Waals surface area (Å²) in [5.41, 5.74) is 0. The molecule has 3 fully saturated rings. The summed E-state index contributed by atoms with van der Waals surface area (Å²) in [4.78, 5) is 27.7. The van der Waals surface area contributed by atoms with Crippen LogP contribution in [0.15, 0.2) is 0 Å². The van der Waals surface area contributed by atoms with E-state index >= 15 is 0 Å². The monoisotopic (exact) mass is 322 g/mol. The van der Waals surface area contributed by atoms with E-state index in [0.717, 1.165) is 51.5 Å². The van der Waals surface area contributed by atoms with E-state index in [-0.39, 0.29) is 23.8 Å². The lowest BCUT2D eigenvalue weighted by molar-refractivity contribution is -0.142. The van der Waals surface area contributed by atoms with E-state index in [2.05, 4.69) is 10.2 Å². The Bertz CT molecular complexity index is 420. The summed E-state index contributed by atoms with van der Waals surface area (Å²) in [6.45, 7) is 2.56. The number of nitrogens with zero attached hydrogens (tertiary/aromatic N) is 1. The van der Waals surface area contributed by atoms with Gasteiger partial charge in [0.25, 0.3) is 0 Å². The van der Waals surface area contributed by atoms with Crippen molar-refractivity contribution in [2.45, 2.75) is 63.8 Å². The SMILES string of the molecule is O=C1NCCOCCCN(C(=O)C2CCCC2)[C@H]2CCCC[C@@H]12. The Balaban J connectivity index is 1.78. The van der Waals surface area contributed by atoms with Crippen molar-refractivity contribution in [3.05, 3.63) is 0 Å².